The molecule has 2 aliphatic heterocycles. The Balaban J connectivity index is 0.00000208. The third-order valence-electron chi connectivity index (χ3n) is 4.91. The van der Waals surface area contributed by atoms with Gasteiger partial charge in [0, 0.05) is 43.8 Å². The predicted molar refractivity (Wildman–Crippen MR) is 113 cm³/mol. The summed E-state index contributed by atoms with van der Waals surface area (Å²) in [5, 5.41) is 3.14. The average molecular weight is 464 g/mol. The summed E-state index contributed by atoms with van der Waals surface area (Å²) in [5.41, 5.74) is 6.24. The first-order chi connectivity index (χ1) is 11.3. The van der Waals surface area contributed by atoms with Crippen molar-refractivity contribution in [2.45, 2.75) is 32.2 Å². The van der Waals surface area contributed by atoms with Crippen LogP contribution in [-0.4, -0.2) is 72.6 Å². The second-order valence-electron chi connectivity index (χ2n) is 6.27. The number of thiazole rings is 1. The standard InChI is InChI=1S/C16H28N6S.HI/c1-2-20-7-4-3-5-14(20)13-19-15(17)21-8-10-22(11-9-21)16-18-6-12-23-16;/h6,12,14H,2-5,7-11,13H2,1H3,(H2,17,19);1H. The van der Waals surface area contributed by atoms with Gasteiger partial charge in [0.2, 0.25) is 0 Å². The number of aliphatic imine (C=N–C) groups is 1. The van der Waals surface area contributed by atoms with Crippen LogP contribution in [0.2, 0.25) is 0 Å². The summed E-state index contributed by atoms with van der Waals surface area (Å²) in [7, 11) is 0. The molecule has 8 heteroatoms. The van der Waals surface area contributed by atoms with Gasteiger partial charge < -0.3 is 15.5 Å². The summed E-state index contributed by atoms with van der Waals surface area (Å²) in [5.74, 6) is 0.713. The summed E-state index contributed by atoms with van der Waals surface area (Å²) >= 11 is 1.70. The first-order valence-electron chi connectivity index (χ1n) is 8.71. The molecule has 0 aliphatic carbocycles. The van der Waals surface area contributed by atoms with Crippen molar-refractivity contribution in [1.82, 2.24) is 14.8 Å². The Kier molecular flexibility index (Phi) is 8.02. The van der Waals surface area contributed by atoms with Crippen molar-refractivity contribution in [2.75, 3.05) is 50.7 Å². The van der Waals surface area contributed by atoms with Gasteiger partial charge in [-0.3, -0.25) is 9.89 Å². The van der Waals surface area contributed by atoms with Crippen LogP contribution in [0.1, 0.15) is 26.2 Å². The molecule has 2 N–H and O–H groups in total. The number of aromatic nitrogens is 1. The number of rotatable bonds is 4. The summed E-state index contributed by atoms with van der Waals surface area (Å²) in [6.45, 7) is 9.20. The van der Waals surface area contributed by atoms with E-state index < -0.39 is 0 Å². The van der Waals surface area contributed by atoms with E-state index in [1.165, 1.54) is 25.8 Å². The Bertz CT molecular complexity index is 501. The summed E-state index contributed by atoms with van der Waals surface area (Å²) in [6.07, 6.45) is 5.76. The monoisotopic (exact) mass is 464 g/mol. The van der Waals surface area contributed by atoms with E-state index in [4.69, 9.17) is 10.7 Å². The van der Waals surface area contributed by atoms with Gasteiger partial charge in [-0.2, -0.15) is 0 Å². The molecule has 6 nitrogen and oxygen atoms in total. The minimum atomic E-state index is 0. The second-order valence-corrected chi connectivity index (χ2v) is 7.14. The number of hydrogen-bond donors (Lipinski definition) is 1. The van der Waals surface area contributed by atoms with Crippen molar-refractivity contribution >= 4 is 46.4 Å². The van der Waals surface area contributed by atoms with Gasteiger partial charge in [-0.1, -0.05) is 13.3 Å². The highest BCUT2D eigenvalue weighted by atomic mass is 127. The van der Waals surface area contributed by atoms with Crippen LogP contribution in [0.3, 0.4) is 0 Å². The molecule has 0 radical (unpaired) electrons. The second kappa shape index (κ2) is 9.76. The number of piperidine rings is 1. The van der Waals surface area contributed by atoms with Crippen LogP contribution >= 0.6 is 35.3 Å². The number of guanidine groups is 1. The molecule has 1 atom stereocenters. The molecule has 0 bridgehead atoms. The van der Waals surface area contributed by atoms with Gasteiger partial charge in [0.05, 0.1) is 6.54 Å². The lowest BCUT2D eigenvalue weighted by Gasteiger charge is -2.36. The number of hydrogen-bond acceptors (Lipinski definition) is 5. The fraction of sp³-hybridized carbons (Fsp3) is 0.750. The van der Waals surface area contributed by atoms with E-state index in [9.17, 15) is 0 Å². The fourth-order valence-corrected chi connectivity index (χ4v) is 4.18. The highest BCUT2D eigenvalue weighted by molar-refractivity contribution is 14.0. The number of nitrogens with two attached hydrogens (primary N) is 1. The van der Waals surface area contributed by atoms with Gasteiger partial charge in [-0.25, -0.2) is 4.98 Å². The molecule has 3 heterocycles. The molecule has 136 valence electrons. The van der Waals surface area contributed by atoms with Gasteiger partial charge in [-0.05, 0) is 25.9 Å². The molecule has 0 aromatic carbocycles. The minimum Gasteiger partial charge on any atom is -0.370 e. The fourth-order valence-electron chi connectivity index (χ4n) is 3.48. The maximum Gasteiger partial charge on any atom is 0.191 e. The molecule has 1 aromatic rings. The van der Waals surface area contributed by atoms with E-state index in [-0.39, 0.29) is 24.0 Å². The van der Waals surface area contributed by atoms with Crippen molar-refractivity contribution in [1.29, 1.82) is 0 Å². The predicted octanol–water partition coefficient (Wildman–Crippen LogP) is 2.07. The largest absolute Gasteiger partial charge is 0.370 e. The molecular formula is C16H29IN6S. The third kappa shape index (κ3) is 4.95. The third-order valence-corrected chi connectivity index (χ3v) is 5.74. The topological polar surface area (TPSA) is 61.0 Å². The smallest absolute Gasteiger partial charge is 0.191 e. The SMILES string of the molecule is CCN1CCCCC1CN=C(N)N1CCN(c2nccs2)CC1.I. The van der Waals surface area contributed by atoms with Gasteiger partial charge >= 0.3 is 0 Å². The van der Waals surface area contributed by atoms with Crippen molar-refractivity contribution in [3.05, 3.63) is 11.6 Å². The molecule has 2 fully saturated rings. The molecule has 2 aliphatic rings. The van der Waals surface area contributed by atoms with Gasteiger partial charge in [-0.15, -0.1) is 35.3 Å². The highest BCUT2D eigenvalue weighted by Gasteiger charge is 2.22. The van der Waals surface area contributed by atoms with Crippen LogP contribution in [-0.2, 0) is 0 Å². The lowest BCUT2D eigenvalue weighted by molar-refractivity contribution is 0.161. The van der Waals surface area contributed by atoms with Crippen molar-refractivity contribution < 1.29 is 0 Å². The minimum absolute atomic E-state index is 0. The molecule has 1 unspecified atom stereocenters. The number of halogens is 1. The van der Waals surface area contributed by atoms with Crippen LogP contribution in [0, 0.1) is 0 Å². The van der Waals surface area contributed by atoms with Crippen LogP contribution in [0.5, 0.6) is 0 Å². The number of piperazine rings is 1. The van der Waals surface area contributed by atoms with Crippen molar-refractivity contribution in [3.8, 4) is 0 Å². The van der Waals surface area contributed by atoms with Crippen LogP contribution in [0.15, 0.2) is 16.6 Å². The van der Waals surface area contributed by atoms with E-state index in [0.717, 1.165) is 44.4 Å². The quantitative estimate of drug-likeness (QED) is 0.420. The lowest BCUT2D eigenvalue weighted by Crippen LogP contribution is -2.51. The van der Waals surface area contributed by atoms with Crippen molar-refractivity contribution in [3.63, 3.8) is 0 Å². The number of likely N-dealkylation sites (N-methyl/N-ethyl adjacent to an activating group) is 1. The maximum atomic E-state index is 6.24. The molecule has 0 saturated carbocycles. The number of likely N-dealkylation sites (tertiary alicyclic amines) is 1. The zero-order valence-electron chi connectivity index (χ0n) is 14.4. The molecule has 1 aromatic heterocycles. The zero-order valence-corrected chi connectivity index (χ0v) is 17.6. The van der Waals surface area contributed by atoms with Crippen LogP contribution < -0.4 is 10.6 Å². The maximum absolute atomic E-state index is 6.24. The molecular weight excluding hydrogens is 435 g/mol. The van der Waals surface area contributed by atoms with Gasteiger partial charge in [0.25, 0.3) is 0 Å². The summed E-state index contributed by atoms with van der Waals surface area (Å²) < 4.78 is 0. The van der Waals surface area contributed by atoms with E-state index in [1.54, 1.807) is 11.3 Å². The summed E-state index contributed by atoms with van der Waals surface area (Å²) in [6, 6.07) is 0.573. The Hall–Kier alpha value is -0.610. The molecule has 0 spiro atoms. The summed E-state index contributed by atoms with van der Waals surface area (Å²) in [4.78, 5) is 16.2. The lowest BCUT2D eigenvalue weighted by atomic mass is 10.0. The van der Waals surface area contributed by atoms with Crippen LogP contribution in [0.25, 0.3) is 0 Å². The van der Waals surface area contributed by atoms with E-state index in [2.05, 4.69) is 26.6 Å². The highest BCUT2D eigenvalue weighted by Crippen LogP contribution is 2.19. The average Bonchev–Trinajstić information content (AvgIpc) is 3.14. The number of nitrogens with zero attached hydrogens (tertiary/aromatic N) is 5. The van der Waals surface area contributed by atoms with E-state index >= 15 is 0 Å². The molecule has 3 rings (SSSR count). The molecule has 0 amide bonds. The Morgan fingerprint density at radius 3 is 2.75 bits per heavy atom. The Labute approximate surface area is 166 Å². The first-order valence-corrected chi connectivity index (χ1v) is 9.59. The van der Waals surface area contributed by atoms with Gasteiger partial charge in [0.15, 0.2) is 11.1 Å². The van der Waals surface area contributed by atoms with Crippen molar-refractivity contribution in [2.24, 2.45) is 10.7 Å². The van der Waals surface area contributed by atoms with E-state index in [0.29, 0.717) is 12.0 Å². The molecule has 2 saturated heterocycles. The normalized spacial score (nSPS) is 23.2. The number of anilines is 1. The van der Waals surface area contributed by atoms with E-state index in [1.807, 2.05) is 11.6 Å². The Morgan fingerprint density at radius 2 is 2.08 bits per heavy atom. The first kappa shape index (κ1) is 19.7. The molecule has 24 heavy (non-hydrogen) atoms. The Morgan fingerprint density at radius 1 is 1.29 bits per heavy atom. The van der Waals surface area contributed by atoms with Crippen LogP contribution in [0.4, 0.5) is 5.13 Å². The van der Waals surface area contributed by atoms with Gasteiger partial charge in [0.1, 0.15) is 0 Å². The zero-order chi connectivity index (χ0) is 16.1.